The molecule has 14 rings (SSSR count). The van der Waals surface area contributed by atoms with Crippen molar-refractivity contribution in [1.82, 2.24) is 4.98 Å². The van der Waals surface area contributed by atoms with Crippen LogP contribution in [0.4, 0.5) is 11.4 Å². The highest BCUT2D eigenvalue weighted by Gasteiger charge is 2.71. The largest absolute Gasteiger partial charge is 0.307 e. The number of carbonyl (C=O) groups excluding carboxylic acids is 7. The number of aromatic nitrogens is 1. The smallest absolute Gasteiger partial charge is 0.305 e. The lowest BCUT2D eigenvalue weighted by Crippen LogP contribution is -2.42. The first-order chi connectivity index (χ1) is 33.9. The molecule has 5 aliphatic heterocycles. The molecule has 4 aliphatic carbocycles. The summed E-state index contributed by atoms with van der Waals surface area (Å²) in [5.41, 5.74) is 4.58. The Hall–Kier alpha value is -5.61. The van der Waals surface area contributed by atoms with Crippen molar-refractivity contribution in [2.45, 2.75) is 60.5 Å². The summed E-state index contributed by atoms with van der Waals surface area (Å²) >= 11 is 6.17. The first-order valence-electron chi connectivity index (χ1n) is 24.0. The molecule has 4 amide bonds. The number of nitrogens with zero attached hydrogens (tertiary/aromatic N) is 2. The molecule has 0 spiro atoms. The molecule has 6 fully saturated rings. The number of carbonyl (C=O) groups is 7. The van der Waals surface area contributed by atoms with Gasteiger partial charge in [-0.25, -0.2) is 0 Å². The van der Waals surface area contributed by atoms with Gasteiger partial charge in [0.1, 0.15) is 0 Å². The quantitative estimate of drug-likeness (QED) is 0.128. The van der Waals surface area contributed by atoms with Crippen molar-refractivity contribution >= 4 is 98.3 Å². The van der Waals surface area contributed by atoms with Gasteiger partial charge in [0.2, 0.25) is 23.6 Å². The number of ketones is 2. The maximum atomic E-state index is 13.8. The molecule has 4 saturated carbocycles. The van der Waals surface area contributed by atoms with E-state index < -0.39 is 0 Å². The number of thioether (sulfide) groups is 3. The molecule has 9 aliphatic rings. The Morgan fingerprint density at radius 1 is 0.543 bits per heavy atom. The average molecular weight is 1000 g/mol. The lowest BCUT2D eigenvalue weighted by molar-refractivity contribution is -0.124. The minimum absolute atomic E-state index is 0.0455. The van der Waals surface area contributed by atoms with Gasteiger partial charge in [0.15, 0.2) is 16.7 Å². The second-order valence-corrected chi connectivity index (χ2v) is 24.8. The van der Waals surface area contributed by atoms with Gasteiger partial charge in [-0.05, 0) is 122 Å². The monoisotopic (exact) mass is 1000 g/mol. The lowest BCUT2D eigenvalue weighted by atomic mass is 9.68. The number of nitrogens with one attached hydrogen (secondary N) is 1. The van der Waals surface area contributed by atoms with E-state index in [-0.39, 0.29) is 127 Å². The molecule has 11 nitrogen and oxygen atoms in total. The summed E-state index contributed by atoms with van der Waals surface area (Å²) in [6, 6.07) is 34.2. The number of aromatic amines is 1. The van der Waals surface area contributed by atoms with E-state index in [4.69, 9.17) is 0 Å². The molecule has 0 unspecified atom stereocenters. The van der Waals surface area contributed by atoms with E-state index in [2.05, 4.69) is 29.2 Å². The van der Waals surface area contributed by atoms with Crippen molar-refractivity contribution in [2.75, 3.05) is 9.80 Å². The van der Waals surface area contributed by atoms with Crippen LogP contribution in [0.25, 0.3) is 0 Å². The SMILES string of the molecule is CC(=O)c1ccc(N2C(=O)[C@@H]3[C@H]4C[C@@H]([C@@H]3C2=O)[C@H]2[C@@H]4SC3=C(SC(=O)C3)[C@@H]2c2ccccc2)cc1.CC(=O)c1ccc(N2C(=O)[C@@H]3[C@H]4C[C@H]([C@@H]5Sc6[nH]c(=O)sc6[C@@H](c6ccccc6)[C@H]45)[C@@H]3C2=O)cc1. The third-order valence-electron chi connectivity index (χ3n) is 17.0. The van der Waals surface area contributed by atoms with Crippen LogP contribution in [0.3, 0.4) is 0 Å². The summed E-state index contributed by atoms with van der Waals surface area (Å²) in [5.74, 6) is -0.756. The van der Waals surface area contributed by atoms with E-state index in [1.807, 2.05) is 48.2 Å². The van der Waals surface area contributed by atoms with Crippen LogP contribution in [0.1, 0.15) is 81.7 Å². The summed E-state index contributed by atoms with van der Waals surface area (Å²) in [7, 11) is 0. The van der Waals surface area contributed by atoms with Crippen LogP contribution >= 0.6 is 46.6 Å². The second kappa shape index (κ2) is 16.5. The Bertz CT molecular complexity index is 3210. The van der Waals surface area contributed by atoms with E-state index >= 15 is 0 Å². The molecule has 0 radical (unpaired) electrons. The Kier molecular flexibility index (Phi) is 10.4. The first kappa shape index (κ1) is 44.3. The molecule has 1 aromatic heterocycles. The van der Waals surface area contributed by atoms with Gasteiger partial charge in [0.25, 0.3) is 0 Å². The number of fused-ring (bicyclic) bond motifs is 17. The molecule has 1 N–H and O–H groups in total. The summed E-state index contributed by atoms with van der Waals surface area (Å²) in [5, 5.41) is 1.55. The zero-order chi connectivity index (χ0) is 48.0. The fourth-order valence-electron chi connectivity index (χ4n) is 14.5. The molecule has 70 heavy (non-hydrogen) atoms. The number of benzene rings is 4. The molecular weight excluding hydrogens is 959 g/mol. The second-order valence-electron chi connectivity index (χ2n) is 20.2. The maximum absolute atomic E-state index is 13.8. The van der Waals surface area contributed by atoms with E-state index in [0.717, 1.165) is 28.3 Å². The predicted molar refractivity (Wildman–Crippen MR) is 270 cm³/mol. The van der Waals surface area contributed by atoms with Crippen molar-refractivity contribution in [1.29, 1.82) is 0 Å². The number of hydrogen-bond acceptors (Lipinski definition) is 12. The number of H-pyrrole nitrogens is 1. The van der Waals surface area contributed by atoms with Crippen LogP contribution in [0.2, 0.25) is 0 Å². The first-order valence-corrected chi connectivity index (χ1v) is 27.3. The highest BCUT2D eigenvalue weighted by molar-refractivity contribution is 8.18. The molecule has 2 saturated heterocycles. The molecule has 352 valence electrons. The zero-order valence-electron chi connectivity index (χ0n) is 37.9. The molecule has 15 heteroatoms. The van der Waals surface area contributed by atoms with Crippen molar-refractivity contribution in [2.24, 2.45) is 59.2 Å². The van der Waals surface area contributed by atoms with Gasteiger partial charge in [0, 0.05) is 54.6 Å². The standard InChI is InChI=1S/C28H23NO4S2.C27H22N2O4S2/c1-13(30)14-7-9-16(10-8-14)29-27(32)23-17-11-18(24(23)28(29)33)25-22(17)21(15-5-3-2-4-6-15)26-19(34-25)12-20(31)35-26;1-12(30)13-7-9-15(10-8-13)29-25(31)20-16-11-17(21(20)26(29)32)22-19(16)18(14-5-3-2-4-6-14)23-24(34-22)28-27(33)35-23/h2-10,17-18,21-25H,11-12H2,1H3;2-10,16-22H,11H2,1H3,(H,28,33)/t17-,18-,21-,22-,23+,24-,25-;16-,17-,18-,19-,20+,21-,22-/m10/s1. The van der Waals surface area contributed by atoms with Crippen molar-refractivity contribution in [3.8, 4) is 0 Å². The van der Waals surface area contributed by atoms with Crippen LogP contribution in [0.15, 0.2) is 129 Å². The lowest BCUT2D eigenvalue weighted by Gasteiger charge is -2.44. The number of hydrogen-bond donors (Lipinski definition) is 1. The van der Waals surface area contributed by atoms with Gasteiger partial charge >= 0.3 is 4.87 Å². The number of amides is 4. The molecule has 5 aromatic rings. The number of rotatable bonds is 6. The molecule has 4 aromatic carbocycles. The van der Waals surface area contributed by atoms with Gasteiger partial charge in [-0.1, -0.05) is 83.8 Å². The predicted octanol–water partition coefficient (Wildman–Crippen LogP) is 9.35. The summed E-state index contributed by atoms with van der Waals surface area (Å²) < 4.78 is 0. The van der Waals surface area contributed by atoms with Gasteiger partial charge in [-0.2, -0.15) is 0 Å². The number of imide groups is 2. The highest BCUT2D eigenvalue weighted by Crippen LogP contribution is 2.71. The molecular formula is C55H45N3O8S4. The Morgan fingerprint density at radius 2 is 0.986 bits per heavy atom. The van der Waals surface area contributed by atoms with Gasteiger partial charge in [-0.3, -0.25) is 48.2 Å². The average Bonchev–Trinajstić information content (AvgIpc) is 4.25. The van der Waals surface area contributed by atoms with E-state index in [1.165, 1.54) is 62.1 Å². The van der Waals surface area contributed by atoms with Crippen LogP contribution < -0.4 is 14.7 Å². The summed E-state index contributed by atoms with van der Waals surface area (Å²) in [4.78, 5) is 112. The van der Waals surface area contributed by atoms with Crippen molar-refractivity contribution in [3.63, 3.8) is 0 Å². The molecule has 6 heterocycles. The van der Waals surface area contributed by atoms with Crippen molar-refractivity contribution in [3.05, 3.63) is 156 Å². The summed E-state index contributed by atoms with van der Waals surface area (Å²) in [6.45, 7) is 3.00. The van der Waals surface area contributed by atoms with Crippen LogP contribution in [0.5, 0.6) is 0 Å². The normalized spacial score (nSPS) is 33.7. The topological polar surface area (TPSA) is 159 Å². The Morgan fingerprint density at radius 3 is 1.47 bits per heavy atom. The van der Waals surface area contributed by atoms with E-state index in [9.17, 15) is 38.4 Å². The van der Waals surface area contributed by atoms with Gasteiger partial charge < -0.3 is 4.98 Å². The van der Waals surface area contributed by atoms with Gasteiger partial charge in [0.05, 0.1) is 40.1 Å². The van der Waals surface area contributed by atoms with Crippen LogP contribution in [-0.2, 0) is 24.0 Å². The fourth-order valence-corrected chi connectivity index (χ4v) is 20.6. The van der Waals surface area contributed by atoms with E-state index in [1.54, 1.807) is 60.3 Å². The summed E-state index contributed by atoms with van der Waals surface area (Å²) in [6.07, 6.45) is 2.24. The minimum atomic E-state index is -0.328. The van der Waals surface area contributed by atoms with Crippen LogP contribution in [0, 0.1) is 59.2 Å². The zero-order valence-corrected chi connectivity index (χ0v) is 41.2. The van der Waals surface area contributed by atoms with Gasteiger partial charge in [-0.15, -0.1) is 23.5 Å². The fraction of sp³-hybridized carbons (Fsp3) is 0.345. The third-order valence-corrected chi connectivity index (χ3v) is 22.4. The number of allylic oxidation sites excluding steroid dienone is 2. The highest BCUT2D eigenvalue weighted by atomic mass is 32.2. The third kappa shape index (κ3) is 6.49. The number of anilines is 2. The Balaban J connectivity index is 0.000000137. The number of Topliss-reactive ketones (excluding diaryl/α,β-unsaturated/α-hetero) is 2. The number of thiazole rings is 1. The maximum Gasteiger partial charge on any atom is 0.305 e. The van der Waals surface area contributed by atoms with Crippen molar-refractivity contribution < 1.29 is 33.6 Å². The molecule has 14 atom stereocenters. The Labute approximate surface area is 419 Å². The minimum Gasteiger partial charge on any atom is -0.307 e. The van der Waals surface area contributed by atoms with Crippen LogP contribution in [-0.4, -0.2) is 55.8 Å². The molecule has 4 bridgehead atoms. The van der Waals surface area contributed by atoms with E-state index in [0.29, 0.717) is 28.9 Å².